The first kappa shape index (κ1) is 17.4. The van der Waals surface area contributed by atoms with E-state index in [4.69, 9.17) is 9.47 Å². The molecular formula is C20H22FNO3. The smallest absolute Gasteiger partial charge is 0.251 e. The van der Waals surface area contributed by atoms with Gasteiger partial charge in [-0.15, -0.1) is 0 Å². The molecule has 0 aromatic heterocycles. The summed E-state index contributed by atoms with van der Waals surface area (Å²) < 4.78 is 24.8. The number of amides is 1. The third-order valence-electron chi connectivity index (χ3n) is 4.19. The Kier molecular flexibility index (Phi) is 6.01. The Balaban J connectivity index is 1.49. The molecule has 0 spiro atoms. The molecule has 1 amide bonds. The second kappa shape index (κ2) is 8.62. The highest BCUT2D eigenvalue weighted by molar-refractivity contribution is 5.94. The molecule has 1 aliphatic rings. The highest BCUT2D eigenvalue weighted by atomic mass is 19.1. The molecule has 1 unspecified atom stereocenters. The summed E-state index contributed by atoms with van der Waals surface area (Å²) >= 11 is 0. The fourth-order valence-electron chi connectivity index (χ4n) is 2.81. The summed E-state index contributed by atoms with van der Waals surface area (Å²) in [5.41, 5.74) is 1.12. The van der Waals surface area contributed by atoms with Crippen LogP contribution in [-0.2, 0) is 11.2 Å². The van der Waals surface area contributed by atoms with Crippen molar-refractivity contribution in [2.75, 3.05) is 19.8 Å². The average molecular weight is 343 g/mol. The van der Waals surface area contributed by atoms with Crippen LogP contribution in [0.5, 0.6) is 5.75 Å². The van der Waals surface area contributed by atoms with Crippen molar-refractivity contribution in [3.05, 3.63) is 65.5 Å². The van der Waals surface area contributed by atoms with Crippen molar-refractivity contribution in [2.45, 2.75) is 25.4 Å². The molecule has 0 aliphatic carbocycles. The largest absolute Gasteiger partial charge is 0.491 e. The third-order valence-corrected chi connectivity index (χ3v) is 4.19. The number of benzene rings is 2. The van der Waals surface area contributed by atoms with E-state index in [9.17, 15) is 9.18 Å². The maximum atomic E-state index is 13.6. The molecule has 1 atom stereocenters. The van der Waals surface area contributed by atoms with Crippen molar-refractivity contribution < 1.29 is 18.7 Å². The lowest BCUT2D eigenvalue weighted by Gasteiger charge is -2.12. The van der Waals surface area contributed by atoms with Crippen LogP contribution < -0.4 is 10.1 Å². The van der Waals surface area contributed by atoms with Gasteiger partial charge in [-0.1, -0.05) is 24.3 Å². The van der Waals surface area contributed by atoms with E-state index < -0.39 is 0 Å². The number of ether oxygens (including phenoxy) is 2. The van der Waals surface area contributed by atoms with Crippen molar-refractivity contribution >= 4 is 5.91 Å². The summed E-state index contributed by atoms with van der Waals surface area (Å²) in [6, 6.07) is 13.6. The van der Waals surface area contributed by atoms with Crippen molar-refractivity contribution in [1.82, 2.24) is 5.32 Å². The van der Waals surface area contributed by atoms with Crippen molar-refractivity contribution in [3.63, 3.8) is 0 Å². The molecule has 0 bridgehead atoms. The van der Waals surface area contributed by atoms with Gasteiger partial charge >= 0.3 is 0 Å². The number of carbonyl (C=O) groups excluding carboxylic acids is 1. The van der Waals surface area contributed by atoms with Crippen LogP contribution in [0.25, 0.3) is 0 Å². The first-order chi connectivity index (χ1) is 12.2. The molecule has 1 saturated heterocycles. The Labute approximate surface area is 147 Å². The minimum Gasteiger partial charge on any atom is -0.491 e. The van der Waals surface area contributed by atoms with Crippen LogP contribution >= 0.6 is 0 Å². The third kappa shape index (κ3) is 5.03. The van der Waals surface area contributed by atoms with E-state index in [1.165, 1.54) is 6.07 Å². The van der Waals surface area contributed by atoms with Crippen molar-refractivity contribution in [3.8, 4) is 5.75 Å². The predicted molar refractivity (Wildman–Crippen MR) is 93.3 cm³/mol. The molecule has 4 nitrogen and oxygen atoms in total. The van der Waals surface area contributed by atoms with E-state index in [-0.39, 0.29) is 17.8 Å². The molecule has 1 aliphatic heterocycles. The van der Waals surface area contributed by atoms with Crippen LogP contribution in [0, 0.1) is 5.82 Å². The lowest BCUT2D eigenvalue weighted by atomic mass is 10.1. The Bertz CT molecular complexity index is 714. The zero-order chi connectivity index (χ0) is 17.5. The van der Waals surface area contributed by atoms with Gasteiger partial charge in [0.2, 0.25) is 0 Å². The van der Waals surface area contributed by atoms with Gasteiger partial charge in [0.05, 0.1) is 6.10 Å². The normalized spacial score (nSPS) is 16.6. The van der Waals surface area contributed by atoms with E-state index >= 15 is 0 Å². The van der Waals surface area contributed by atoms with Gasteiger partial charge in [-0.3, -0.25) is 4.79 Å². The Morgan fingerprint density at radius 2 is 2.12 bits per heavy atom. The van der Waals surface area contributed by atoms with E-state index in [2.05, 4.69) is 5.32 Å². The number of hydrogen-bond acceptors (Lipinski definition) is 3. The molecule has 1 heterocycles. The van der Waals surface area contributed by atoms with Gasteiger partial charge in [0.25, 0.3) is 5.91 Å². The molecule has 3 rings (SSSR count). The second-order valence-corrected chi connectivity index (χ2v) is 6.07. The fourth-order valence-corrected chi connectivity index (χ4v) is 2.81. The topological polar surface area (TPSA) is 47.6 Å². The van der Waals surface area contributed by atoms with Crippen LogP contribution in [-0.4, -0.2) is 31.8 Å². The Morgan fingerprint density at radius 3 is 2.92 bits per heavy atom. The van der Waals surface area contributed by atoms with Crippen LogP contribution in [0.2, 0.25) is 0 Å². The van der Waals surface area contributed by atoms with Gasteiger partial charge in [-0.05, 0) is 49.1 Å². The summed E-state index contributed by atoms with van der Waals surface area (Å²) in [6.45, 7) is 1.66. The van der Waals surface area contributed by atoms with Crippen molar-refractivity contribution in [1.29, 1.82) is 0 Å². The molecule has 5 heteroatoms. The minimum absolute atomic E-state index is 0.137. The Hall–Kier alpha value is -2.40. The number of rotatable bonds is 7. The number of nitrogens with one attached hydrogen (secondary N) is 1. The SMILES string of the molecule is O=C(NCCc1ccccc1F)c1cccc(OCC2CCCO2)c1. The van der Waals surface area contributed by atoms with Gasteiger partial charge in [-0.2, -0.15) is 0 Å². The van der Waals surface area contributed by atoms with E-state index in [0.717, 1.165) is 19.4 Å². The zero-order valence-electron chi connectivity index (χ0n) is 14.0. The monoisotopic (exact) mass is 343 g/mol. The standard InChI is InChI=1S/C20H22FNO3/c21-19-9-2-1-5-15(19)10-11-22-20(23)16-6-3-7-17(13-16)25-14-18-8-4-12-24-18/h1-3,5-7,9,13,18H,4,8,10-12,14H2,(H,22,23). The van der Waals surface area contributed by atoms with Gasteiger partial charge in [0, 0.05) is 18.7 Å². The van der Waals surface area contributed by atoms with E-state index in [1.54, 1.807) is 36.4 Å². The van der Waals surface area contributed by atoms with Crippen molar-refractivity contribution in [2.24, 2.45) is 0 Å². The molecule has 25 heavy (non-hydrogen) atoms. The minimum atomic E-state index is -0.249. The van der Waals surface area contributed by atoms with E-state index in [1.807, 2.05) is 6.07 Å². The average Bonchev–Trinajstić information content (AvgIpc) is 3.15. The lowest BCUT2D eigenvalue weighted by Crippen LogP contribution is -2.26. The fraction of sp³-hybridized carbons (Fsp3) is 0.350. The zero-order valence-corrected chi connectivity index (χ0v) is 14.0. The molecule has 1 N–H and O–H groups in total. The first-order valence-corrected chi connectivity index (χ1v) is 8.58. The molecule has 132 valence electrons. The molecule has 2 aromatic carbocycles. The van der Waals surface area contributed by atoms with Crippen LogP contribution in [0.4, 0.5) is 4.39 Å². The molecule has 0 saturated carbocycles. The van der Waals surface area contributed by atoms with E-state index in [0.29, 0.717) is 36.4 Å². The summed E-state index contributed by atoms with van der Waals surface area (Å²) in [4.78, 5) is 12.2. The lowest BCUT2D eigenvalue weighted by molar-refractivity contribution is 0.0679. The number of carbonyl (C=O) groups is 1. The molecule has 0 radical (unpaired) electrons. The maximum absolute atomic E-state index is 13.6. The van der Waals surface area contributed by atoms with Gasteiger partial charge in [0.15, 0.2) is 0 Å². The van der Waals surface area contributed by atoms with Gasteiger partial charge in [-0.25, -0.2) is 4.39 Å². The second-order valence-electron chi connectivity index (χ2n) is 6.07. The highest BCUT2D eigenvalue weighted by Crippen LogP contribution is 2.17. The van der Waals surface area contributed by atoms with Crippen LogP contribution in [0.15, 0.2) is 48.5 Å². The molecular weight excluding hydrogens is 321 g/mol. The summed E-state index contributed by atoms with van der Waals surface area (Å²) in [7, 11) is 0. The first-order valence-electron chi connectivity index (χ1n) is 8.58. The Morgan fingerprint density at radius 1 is 1.24 bits per heavy atom. The molecule has 1 fully saturated rings. The predicted octanol–water partition coefficient (Wildman–Crippen LogP) is 3.36. The van der Waals surface area contributed by atoms with Gasteiger partial charge in [0.1, 0.15) is 18.2 Å². The van der Waals surface area contributed by atoms with Crippen LogP contribution in [0.1, 0.15) is 28.8 Å². The van der Waals surface area contributed by atoms with Gasteiger partial charge < -0.3 is 14.8 Å². The number of hydrogen-bond donors (Lipinski definition) is 1. The molecule has 2 aromatic rings. The maximum Gasteiger partial charge on any atom is 0.251 e. The number of halogens is 1. The quantitative estimate of drug-likeness (QED) is 0.839. The highest BCUT2D eigenvalue weighted by Gasteiger charge is 2.16. The summed E-state index contributed by atoms with van der Waals surface area (Å²) in [5.74, 6) is 0.206. The summed E-state index contributed by atoms with van der Waals surface area (Å²) in [5, 5.41) is 2.81. The van der Waals surface area contributed by atoms with Crippen LogP contribution in [0.3, 0.4) is 0 Å². The summed E-state index contributed by atoms with van der Waals surface area (Å²) in [6.07, 6.45) is 2.67.